The van der Waals surface area contributed by atoms with Crippen molar-refractivity contribution in [2.45, 2.75) is 103 Å². The number of aromatic nitrogens is 4. The summed E-state index contributed by atoms with van der Waals surface area (Å²) in [5, 5.41) is 7.02. The van der Waals surface area contributed by atoms with Gasteiger partial charge in [-0.2, -0.15) is 22.7 Å². The van der Waals surface area contributed by atoms with Crippen molar-refractivity contribution in [3.8, 4) is 0 Å². The van der Waals surface area contributed by atoms with E-state index in [1.54, 1.807) is 30.2 Å². The molecule has 51 heavy (non-hydrogen) atoms. The summed E-state index contributed by atoms with van der Waals surface area (Å²) in [7, 11) is 0. The molecule has 2 fully saturated rings. The van der Waals surface area contributed by atoms with Gasteiger partial charge in [0.1, 0.15) is 17.8 Å². The Morgan fingerprint density at radius 2 is 1.94 bits per heavy atom. The van der Waals surface area contributed by atoms with Crippen LogP contribution in [0.2, 0.25) is 5.02 Å². The van der Waals surface area contributed by atoms with E-state index in [1.807, 2.05) is 18.7 Å². The number of nitrogens with zero attached hydrogens (tertiary/aromatic N) is 6. The Balaban J connectivity index is 1.37. The van der Waals surface area contributed by atoms with Crippen molar-refractivity contribution in [3.63, 3.8) is 0 Å². The number of alkyl halides is 3. The Bertz CT molecular complexity index is 1930. The minimum atomic E-state index is -4.60. The summed E-state index contributed by atoms with van der Waals surface area (Å²) in [5.74, 6) is -0.0575. The van der Waals surface area contributed by atoms with E-state index >= 15 is 0 Å². The fourth-order valence-electron chi connectivity index (χ4n) is 7.14. The van der Waals surface area contributed by atoms with Gasteiger partial charge < -0.3 is 29.2 Å². The zero-order valence-corrected chi connectivity index (χ0v) is 30.2. The van der Waals surface area contributed by atoms with Crippen molar-refractivity contribution in [3.05, 3.63) is 56.7 Å². The SMILES string of the molecule is CCc1c(N2CCN(C(=O)OC(C)(C)C)C(C)C2)c(=O)n2nc(C3=CCC4(CCCO4)CC3)nc2n1CC(=O)Nc1ccc(C(F)(F)F)cc1Cl. The average Bonchev–Trinajstić information content (AvgIpc) is 3.70. The summed E-state index contributed by atoms with van der Waals surface area (Å²) >= 11 is 6.15. The number of nitrogens with one attached hydrogen (secondary N) is 1. The monoisotopic (exact) mass is 733 g/mol. The first kappa shape index (κ1) is 36.7. The second-order valence-corrected chi connectivity index (χ2v) is 14.9. The normalized spacial score (nSPS) is 21.4. The highest BCUT2D eigenvalue weighted by atomic mass is 35.5. The second-order valence-electron chi connectivity index (χ2n) is 14.5. The minimum Gasteiger partial charge on any atom is -0.444 e. The molecular formula is C35H43ClF3N7O5. The number of hydrogen-bond acceptors (Lipinski definition) is 8. The molecule has 1 aromatic carbocycles. The molecule has 4 heterocycles. The first-order valence-electron chi connectivity index (χ1n) is 17.3. The van der Waals surface area contributed by atoms with Gasteiger partial charge in [-0.1, -0.05) is 24.6 Å². The molecule has 276 valence electrons. The third-order valence-electron chi connectivity index (χ3n) is 9.65. The van der Waals surface area contributed by atoms with Gasteiger partial charge >= 0.3 is 12.3 Å². The molecule has 12 nitrogen and oxygen atoms in total. The van der Waals surface area contributed by atoms with Crippen molar-refractivity contribution in [1.82, 2.24) is 24.1 Å². The summed E-state index contributed by atoms with van der Waals surface area (Å²) in [6.45, 7) is 10.5. The topological polar surface area (TPSA) is 123 Å². The van der Waals surface area contributed by atoms with Crippen LogP contribution in [0.1, 0.15) is 83.8 Å². The van der Waals surface area contributed by atoms with Gasteiger partial charge in [0.15, 0.2) is 5.82 Å². The molecule has 6 rings (SSSR count). The van der Waals surface area contributed by atoms with Crippen LogP contribution < -0.4 is 15.8 Å². The van der Waals surface area contributed by atoms with Crippen LogP contribution in [0.15, 0.2) is 29.1 Å². The smallest absolute Gasteiger partial charge is 0.416 e. The Kier molecular flexibility index (Phi) is 9.92. The average molecular weight is 734 g/mol. The Hall–Kier alpha value is -4.11. The number of allylic oxidation sites excluding steroid dienone is 1. The third-order valence-corrected chi connectivity index (χ3v) is 9.96. The lowest BCUT2D eigenvalue weighted by molar-refractivity contribution is -0.137. The first-order valence-corrected chi connectivity index (χ1v) is 17.6. The molecule has 2 unspecified atom stereocenters. The second kappa shape index (κ2) is 13.8. The van der Waals surface area contributed by atoms with E-state index in [0.29, 0.717) is 56.1 Å². The molecule has 2 aliphatic heterocycles. The van der Waals surface area contributed by atoms with Crippen LogP contribution in [0.4, 0.5) is 29.3 Å². The molecule has 0 radical (unpaired) electrons. The van der Waals surface area contributed by atoms with E-state index in [-0.39, 0.29) is 34.7 Å². The molecule has 16 heteroatoms. The summed E-state index contributed by atoms with van der Waals surface area (Å²) in [6, 6.07) is 2.39. The summed E-state index contributed by atoms with van der Waals surface area (Å²) in [6.07, 6.45) is 1.55. The van der Waals surface area contributed by atoms with Crippen molar-refractivity contribution in [2.24, 2.45) is 0 Å². The number of benzene rings is 1. The number of hydrogen-bond donors (Lipinski definition) is 1. The zero-order valence-electron chi connectivity index (χ0n) is 29.4. The lowest BCUT2D eigenvalue weighted by Gasteiger charge is -2.41. The summed E-state index contributed by atoms with van der Waals surface area (Å²) in [4.78, 5) is 49.2. The predicted octanol–water partition coefficient (Wildman–Crippen LogP) is 6.33. The van der Waals surface area contributed by atoms with Gasteiger partial charge in [0, 0.05) is 32.3 Å². The number of ether oxygens (including phenoxy) is 2. The maximum Gasteiger partial charge on any atom is 0.416 e. The van der Waals surface area contributed by atoms with Gasteiger partial charge in [0.05, 0.1) is 27.6 Å². The maximum atomic E-state index is 14.4. The molecule has 3 aliphatic rings. The largest absolute Gasteiger partial charge is 0.444 e. The predicted molar refractivity (Wildman–Crippen MR) is 186 cm³/mol. The number of carbonyl (C=O) groups excluding carboxylic acids is 2. The van der Waals surface area contributed by atoms with Crippen LogP contribution in [0.5, 0.6) is 0 Å². The highest BCUT2D eigenvalue weighted by Gasteiger charge is 2.38. The van der Waals surface area contributed by atoms with E-state index in [0.717, 1.165) is 49.6 Å². The van der Waals surface area contributed by atoms with Gasteiger partial charge in [-0.3, -0.25) is 9.59 Å². The molecule has 0 saturated carbocycles. The molecule has 2 saturated heterocycles. The van der Waals surface area contributed by atoms with Crippen LogP contribution in [0, 0.1) is 0 Å². The van der Waals surface area contributed by atoms with Gasteiger partial charge in [-0.15, -0.1) is 5.10 Å². The molecule has 2 amide bonds. The van der Waals surface area contributed by atoms with Gasteiger partial charge in [0.2, 0.25) is 11.7 Å². The zero-order chi connectivity index (χ0) is 36.9. The van der Waals surface area contributed by atoms with E-state index in [9.17, 15) is 27.6 Å². The first-order chi connectivity index (χ1) is 24.0. The fourth-order valence-corrected chi connectivity index (χ4v) is 7.36. The van der Waals surface area contributed by atoms with Crippen LogP contribution in [-0.4, -0.2) is 79.6 Å². The molecule has 1 N–H and O–H groups in total. The standard InChI is InChI=1S/C35H43ClF3N7O5/c1-6-26-28(43-15-16-44(21(2)19-43)32(49)51-33(3,4)5)30(48)46-31(41-29(42-46)22-10-13-34(14-11-22)12-7-17-50-34)45(26)20-27(47)40-25-9-8-23(18-24(25)36)35(37,38)39/h8-10,18,21H,6-7,11-17,19-20H2,1-5H3,(H,40,47). The van der Waals surface area contributed by atoms with E-state index in [1.165, 1.54) is 4.52 Å². The number of anilines is 2. The van der Waals surface area contributed by atoms with E-state index in [2.05, 4.69) is 16.5 Å². The fraction of sp³-hybridized carbons (Fsp3) is 0.571. The van der Waals surface area contributed by atoms with E-state index < -0.39 is 34.9 Å². The number of rotatable bonds is 6. The summed E-state index contributed by atoms with van der Waals surface area (Å²) < 4.78 is 54.2. The molecule has 1 aliphatic carbocycles. The van der Waals surface area contributed by atoms with Crippen molar-refractivity contribution < 1.29 is 32.2 Å². The molecular weight excluding hydrogens is 691 g/mol. The lowest BCUT2D eigenvalue weighted by atomic mass is 9.83. The minimum absolute atomic E-state index is 0.00896. The molecule has 1 spiro atoms. The van der Waals surface area contributed by atoms with Gasteiger partial charge in [0.25, 0.3) is 5.56 Å². The Morgan fingerprint density at radius 1 is 1.18 bits per heavy atom. The van der Waals surface area contributed by atoms with Gasteiger partial charge in [-0.25, -0.2) is 4.79 Å². The highest BCUT2D eigenvalue weighted by molar-refractivity contribution is 6.33. The van der Waals surface area contributed by atoms with Crippen LogP contribution in [0.25, 0.3) is 11.4 Å². The van der Waals surface area contributed by atoms with E-state index in [4.69, 9.17) is 26.1 Å². The molecule has 0 bridgehead atoms. The molecule has 2 atom stereocenters. The number of halogens is 4. The van der Waals surface area contributed by atoms with Crippen LogP contribution >= 0.6 is 11.6 Å². The molecule has 3 aromatic rings. The van der Waals surface area contributed by atoms with Crippen LogP contribution in [0.3, 0.4) is 0 Å². The number of amides is 2. The van der Waals surface area contributed by atoms with Gasteiger partial charge in [-0.05, 0) is 90.0 Å². The maximum absolute atomic E-state index is 14.4. The number of fused-ring (bicyclic) bond motifs is 1. The summed E-state index contributed by atoms with van der Waals surface area (Å²) in [5.41, 5.74) is -0.456. The quantitative estimate of drug-likeness (QED) is 0.312. The van der Waals surface area contributed by atoms with Crippen LogP contribution in [-0.2, 0) is 33.4 Å². The highest BCUT2D eigenvalue weighted by Crippen LogP contribution is 2.41. The Labute approximate surface area is 298 Å². The van der Waals surface area contributed by atoms with Crippen molar-refractivity contribution in [2.75, 3.05) is 36.5 Å². The lowest BCUT2D eigenvalue weighted by Crippen LogP contribution is -2.56. The molecule has 2 aromatic heterocycles. The number of piperazine rings is 1. The number of carbonyl (C=O) groups is 2. The van der Waals surface area contributed by atoms with Crippen molar-refractivity contribution in [1.29, 1.82) is 0 Å². The van der Waals surface area contributed by atoms with Crippen molar-refractivity contribution >= 4 is 46.3 Å². The Morgan fingerprint density at radius 3 is 2.53 bits per heavy atom. The third kappa shape index (κ3) is 7.59.